The lowest BCUT2D eigenvalue weighted by Gasteiger charge is -2.35. The molecule has 0 bridgehead atoms. The van der Waals surface area contributed by atoms with Gasteiger partial charge >= 0.3 is 0 Å². The summed E-state index contributed by atoms with van der Waals surface area (Å²) in [6, 6.07) is 5.23. The van der Waals surface area contributed by atoms with Crippen LogP contribution in [-0.2, 0) is 24.8 Å². The highest BCUT2D eigenvalue weighted by molar-refractivity contribution is 7.90. The molecular weight excluding hydrogens is 378 g/mol. The fourth-order valence-corrected chi connectivity index (χ4v) is 5.59. The average molecular weight is 404 g/mol. The molecule has 10 heteroatoms. The molecule has 0 spiro atoms. The van der Waals surface area contributed by atoms with Gasteiger partial charge in [0.25, 0.3) is 0 Å². The molecule has 0 radical (unpaired) electrons. The Balaban J connectivity index is 1.64. The Hall–Kier alpha value is -1.04. The van der Waals surface area contributed by atoms with Crippen molar-refractivity contribution in [3.63, 3.8) is 0 Å². The van der Waals surface area contributed by atoms with Gasteiger partial charge in [0, 0.05) is 32.7 Å². The Labute approximate surface area is 155 Å². The van der Waals surface area contributed by atoms with Crippen LogP contribution in [0.2, 0.25) is 0 Å². The molecule has 146 valence electrons. The average Bonchev–Trinajstić information content (AvgIpc) is 2.62. The van der Waals surface area contributed by atoms with E-state index >= 15 is 0 Å². The molecule has 2 heterocycles. The van der Waals surface area contributed by atoms with Crippen molar-refractivity contribution in [1.82, 2.24) is 9.21 Å². The number of primary sulfonamides is 1. The van der Waals surface area contributed by atoms with Crippen LogP contribution in [0.3, 0.4) is 0 Å². The Morgan fingerprint density at radius 2 is 1.62 bits per heavy atom. The summed E-state index contributed by atoms with van der Waals surface area (Å²) in [7, 11) is -7.66. The normalized spacial score (nSPS) is 21.7. The third-order valence-corrected chi connectivity index (χ3v) is 7.77. The molecule has 8 nitrogen and oxygen atoms in total. The third kappa shape index (κ3) is 4.62. The maximum absolute atomic E-state index is 12.8. The predicted octanol–water partition coefficient (Wildman–Crippen LogP) is 0.0669. The highest BCUT2D eigenvalue weighted by Crippen LogP contribution is 2.25. The second kappa shape index (κ2) is 7.91. The number of piperidine rings is 1. The van der Waals surface area contributed by atoms with Crippen molar-refractivity contribution in [2.24, 2.45) is 11.1 Å². The number of ether oxygens (including phenoxy) is 1. The minimum Gasteiger partial charge on any atom is -0.379 e. The smallest absolute Gasteiger partial charge is 0.243 e. The first-order valence-corrected chi connectivity index (χ1v) is 11.7. The fraction of sp³-hybridized carbons (Fsp3) is 0.625. The van der Waals surface area contributed by atoms with Crippen LogP contribution in [0.25, 0.3) is 0 Å². The first-order valence-electron chi connectivity index (χ1n) is 8.70. The summed E-state index contributed by atoms with van der Waals surface area (Å²) >= 11 is 0. The van der Waals surface area contributed by atoms with E-state index in [2.05, 4.69) is 4.90 Å². The largest absolute Gasteiger partial charge is 0.379 e. The summed E-state index contributed by atoms with van der Waals surface area (Å²) in [4.78, 5) is 2.14. The zero-order valence-corrected chi connectivity index (χ0v) is 16.2. The monoisotopic (exact) mass is 403 g/mol. The van der Waals surface area contributed by atoms with Crippen LogP contribution < -0.4 is 5.14 Å². The van der Waals surface area contributed by atoms with Crippen molar-refractivity contribution in [3.05, 3.63) is 24.3 Å². The van der Waals surface area contributed by atoms with Gasteiger partial charge in [-0.1, -0.05) is 6.07 Å². The Bertz CT molecular complexity index is 827. The minimum absolute atomic E-state index is 0.0318. The van der Waals surface area contributed by atoms with Crippen molar-refractivity contribution >= 4 is 20.0 Å². The van der Waals surface area contributed by atoms with Crippen LogP contribution in [0.15, 0.2) is 34.1 Å². The van der Waals surface area contributed by atoms with Crippen molar-refractivity contribution in [1.29, 1.82) is 0 Å². The van der Waals surface area contributed by atoms with Crippen molar-refractivity contribution in [2.45, 2.75) is 22.6 Å². The van der Waals surface area contributed by atoms with Gasteiger partial charge in [-0.05, 0) is 37.0 Å². The molecule has 0 unspecified atom stereocenters. The predicted molar refractivity (Wildman–Crippen MR) is 96.6 cm³/mol. The quantitative estimate of drug-likeness (QED) is 0.745. The van der Waals surface area contributed by atoms with Crippen LogP contribution in [0.5, 0.6) is 0 Å². The molecule has 2 saturated heterocycles. The Kier molecular flexibility index (Phi) is 6.00. The van der Waals surface area contributed by atoms with Crippen molar-refractivity contribution in [3.8, 4) is 0 Å². The molecule has 3 rings (SSSR count). The lowest BCUT2D eigenvalue weighted by atomic mass is 9.97. The zero-order chi connectivity index (χ0) is 18.8. The van der Waals surface area contributed by atoms with Crippen LogP contribution in [0.1, 0.15) is 12.8 Å². The molecule has 0 saturated carbocycles. The van der Waals surface area contributed by atoms with E-state index in [1.165, 1.54) is 22.5 Å². The van der Waals surface area contributed by atoms with Crippen LogP contribution in [0, 0.1) is 5.92 Å². The lowest BCUT2D eigenvalue weighted by molar-refractivity contribution is 0.0269. The SMILES string of the molecule is NS(=O)(=O)c1cccc(S(=O)(=O)N2CCC(CN3CCOCC3)CC2)c1. The Morgan fingerprint density at radius 3 is 2.23 bits per heavy atom. The molecule has 2 aliphatic rings. The summed E-state index contributed by atoms with van der Waals surface area (Å²) in [5.41, 5.74) is 0. The Morgan fingerprint density at radius 1 is 1.00 bits per heavy atom. The molecule has 0 atom stereocenters. The second-order valence-corrected chi connectivity index (χ2v) is 10.3. The highest BCUT2D eigenvalue weighted by Gasteiger charge is 2.30. The van der Waals surface area contributed by atoms with Gasteiger partial charge in [0.1, 0.15) is 0 Å². The maximum Gasteiger partial charge on any atom is 0.243 e. The summed E-state index contributed by atoms with van der Waals surface area (Å²) in [6.07, 6.45) is 1.59. The molecule has 0 aliphatic carbocycles. The van der Waals surface area contributed by atoms with Gasteiger partial charge in [-0.25, -0.2) is 22.0 Å². The van der Waals surface area contributed by atoms with Gasteiger partial charge in [0.05, 0.1) is 23.0 Å². The molecule has 26 heavy (non-hydrogen) atoms. The molecule has 0 aromatic heterocycles. The topological polar surface area (TPSA) is 110 Å². The number of hydrogen-bond donors (Lipinski definition) is 1. The molecule has 1 aromatic rings. The van der Waals surface area contributed by atoms with Gasteiger partial charge in [0.15, 0.2) is 0 Å². The first-order chi connectivity index (χ1) is 12.3. The zero-order valence-electron chi connectivity index (χ0n) is 14.6. The molecule has 0 amide bonds. The summed E-state index contributed by atoms with van der Waals surface area (Å²) in [6.45, 7) is 5.23. The number of nitrogens with zero attached hydrogens (tertiary/aromatic N) is 2. The fourth-order valence-electron chi connectivity index (χ4n) is 3.44. The van der Waals surface area contributed by atoms with Crippen LogP contribution in [0.4, 0.5) is 0 Å². The van der Waals surface area contributed by atoms with E-state index in [9.17, 15) is 16.8 Å². The maximum atomic E-state index is 12.8. The molecule has 2 N–H and O–H groups in total. The van der Waals surface area contributed by atoms with E-state index in [0.29, 0.717) is 19.0 Å². The van der Waals surface area contributed by atoms with E-state index < -0.39 is 20.0 Å². The second-order valence-electron chi connectivity index (χ2n) is 6.78. The van der Waals surface area contributed by atoms with Crippen LogP contribution in [-0.4, -0.2) is 72.0 Å². The first kappa shape index (κ1) is 19.7. The van der Waals surface area contributed by atoms with E-state index in [1.807, 2.05) is 0 Å². The van der Waals surface area contributed by atoms with Gasteiger partial charge in [0.2, 0.25) is 20.0 Å². The number of morpholine rings is 1. The number of rotatable bonds is 5. The van der Waals surface area contributed by atoms with E-state index in [0.717, 1.165) is 51.8 Å². The molecule has 2 aliphatic heterocycles. The van der Waals surface area contributed by atoms with Crippen molar-refractivity contribution in [2.75, 3.05) is 45.9 Å². The number of benzene rings is 1. The third-order valence-electron chi connectivity index (χ3n) is 4.97. The van der Waals surface area contributed by atoms with Gasteiger partial charge in [-0.2, -0.15) is 4.31 Å². The number of sulfonamides is 2. The molecule has 2 fully saturated rings. The standard InChI is InChI=1S/C16H25N3O5S2/c17-25(20,21)15-2-1-3-16(12-15)26(22,23)19-6-4-14(5-7-19)13-18-8-10-24-11-9-18/h1-3,12,14H,4-11,13H2,(H2,17,20,21). The van der Waals surface area contributed by atoms with Gasteiger partial charge < -0.3 is 4.74 Å². The summed E-state index contributed by atoms with van der Waals surface area (Å²) in [5.74, 6) is 0.468. The van der Waals surface area contributed by atoms with Gasteiger partial charge in [-0.3, -0.25) is 4.90 Å². The lowest BCUT2D eigenvalue weighted by Crippen LogP contribution is -2.44. The summed E-state index contributed by atoms with van der Waals surface area (Å²) in [5, 5.41) is 5.10. The van der Waals surface area contributed by atoms with Gasteiger partial charge in [-0.15, -0.1) is 0 Å². The van der Waals surface area contributed by atoms with Crippen LogP contribution >= 0.6 is 0 Å². The number of nitrogens with two attached hydrogens (primary N) is 1. The van der Waals surface area contributed by atoms with E-state index in [1.54, 1.807) is 0 Å². The minimum atomic E-state index is -3.94. The van der Waals surface area contributed by atoms with Crippen molar-refractivity contribution < 1.29 is 21.6 Å². The molecular formula is C16H25N3O5S2. The number of hydrogen-bond acceptors (Lipinski definition) is 6. The summed E-state index contributed by atoms with van der Waals surface area (Å²) < 4.78 is 55.4. The van der Waals surface area contributed by atoms with E-state index in [-0.39, 0.29) is 9.79 Å². The highest BCUT2D eigenvalue weighted by atomic mass is 32.2. The van der Waals surface area contributed by atoms with E-state index in [4.69, 9.17) is 9.88 Å². The molecule has 1 aromatic carbocycles.